The molecule has 3 heteroatoms. The second-order valence-corrected chi connectivity index (χ2v) is 7.08. The van der Waals surface area contributed by atoms with Crippen molar-refractivity contribution in [3.63, 3.8) is 0 Å². The summed E-state index contributed by atoms with van der Waals surface area (Å²) >= 11 is 6.68. The molecule has 96 valence electrons. The second kappa shape index (κ2) is 3.98. The maximum Gasteiger partial charge on any atom is 0.0846 e. The fourth-order valence-corrected chi connectivity index (χ4v) is 5.43. The zero-order chi connectivity index (χ0) is 12.9. The number of rotatable bonds is 0. The highest BCUT2D eigenvalue weighted by molar-refractivity contribution is 7.34. The van der Waals surface area contributed by atoms with Crippen LogP contribution in [0.15, 0.2) is 54.8 Å². The van der Waals surface area contributed by atoms with Crippen molar-refractivity contribution < 1.29 is 4.52 Å². The van der Waals surface area contributed by atoms with E-state index < -0.39 is 0 Å². The topological polar surface area (TPSA) is 9.23 Å². The monoisotopic (exact) mass is 288 g/mol. The fraction of sp³-hybridized carbons (Fsp3) is 0.250. The lowest BCUT2D eigenvalue weighted by Gasteiger charge is -2.54. The van der Waals surface area contributed by atoms with Crippen molar-refractivity contribution in [3.05, 3.63) is 66.0 Å². The Morgan fingerprint density at radius 2 is 2.16 bits per heavy atom. The summed E-state index contributed by atoms with van der Waals surface area (Å²) in [5.41, 5.74) is 2.52. The zero-order valence-electron chi connectivity index (χ0n) is 10.3. The van der Waals surface area contributed by atoms with Gasteiger partial charge in [0, 0.05) is 5.41 Å². The molecule has 1 aromatic rings. The second-order valence-electron chi connectivity index (χ2n) is 5.32. The molecule has 0 saturated carbocycles. The van der Waals surface area contributed by atoms with E-state index in [2.05, 4.69) is 54.6 Å². The summed E-state index contributed by atoms with van der Waals surface area (Å²) in [6, 6.07) is 8.61. The van der Waals surface area contributed by atoms with Crippen molar-refractivity contribution in [1.29, 1.82) is 0 Å². The van der Waals surface area contributed by atoms with E-state index in [9.17, 15) is 0 Å². The third-order valence-corrected chi connectivity index (χ3v) is 6.54. The summed E-state index contributed by atoms with van der Waals surface area (Å²) in [6.45, 7) is 0. The summed E-state index contributed by atoms with van der Waals surface area (Å²) in [6.07, 6.45) is 13.8. The van der Waals surface area contributed by atoms with Gasteiger partial charge in [-0.2, -0.15) is 0 Å². The number of fused-ring (bicyclic) bond motifs is 1. The normalized spacial score (nSPS) is 39.3. The molecule has 0 amide bonds. The first-order chi connectivity index (χ1) is 9.29. The molecule has 0 aromatic heterocycles. The smallest absolute Gasteiger partial charge is 0.0846 e. The van der Waals surface area contributed by atoms with E-state index in [0.29, 0.717) is 8.81 Å². The van der Waals surface area contributed by atoms with Crippen molar-refractivity contribution >= 4 is 26.5 Å². The molecule has 0 radical (unpaired) electrons. The highest BCUT2D eigenvalue weighted by Crippen LogP contribution is 2.67. The average Bonchev–Trinajstić information content (AvgIpc) is 2.47. The lowest BCUT2D eigenvalue weighted by atomic mass is 9.61. The van der Waals surface area contributed by atoms with Crippen molar-refractivity contribution in [3.8, 4) is 0 Å². The van der Waals surface area contributed by atoms with Gasteiger partial charge in [0.15, 0.2) is 0 Å². The minimum atomic E-state index is -0.144. The number of hydrogen-bond acceptors (Lipinski definition) is 1. The standard InChI is InChI=1S/C16H14ClOP/c17-14-6-3-8-16-13-5-2-1-4-12(13)7-9-15(14,16)10-11-18-19-16/h1-7,9-11,14,19H,8H2. The van der Waals surface area contributed by atoms with Crippen LogP contribution in [0.5, 0.6) is 0 Å². The molecule has 4 atom stereocenters. The number of benzene rings is 1. The molecule has 0 spiro atoms. The summed E-state index contributed by atoms with van der Waals surface area (Å²) in [4.78, 5) is 0. The van der Waals surface area contributed by atoms with Gasteiger partial charge in [-0.3, -0.25) is 0 Å². The number of alkyl halides is 1. The van der Waals surface area contributed by atoms with Crippen LogP contribution in [0.25, 0.3) is 6.08 Å². The third-order valence-electron chi connectivity index (χ3n) is 4.53. The van der Waals surface area contributed by atoms with Gasteiger partial charge >= 0.3 is 0 Å². The molecule has 3 aliphatic rings. The van der Waals surface area contributed by atoms with Gasteiger partial charge in [0.25, 0.3) is 0 Å². The molecule has 0 bridgehead atoms. The lowest BCUT2D eigenvalue weighted by Crippen LogP contribution is -2.50. The quantitative estimate of drug-likeness (QED) is 0.385. The van der Waals surface area contributed by atoms with Crippen molar-refractivity contribution in [2.75, 3.05) is 0 Å². The lowest BCUT2D eigenvalue weighted by molar-refractivity contribution is 0.291. The van der Waals surface area contributed by atoms with Crippen LogP contribution in [0.1, 0.15) is 17.5 Å². The summed E-state index contributed by atoms with van der Waals surface area (Å²) in [5, 5.41) is -0.0487. The summed E-state index contributed by atoms with van der Waals surface area (Å²) in [5.74, 6) is 0. The van der Waals surface area contributed by atoms with Gasteiger partial charge in [0.2, 0.25) is 0 Å². The highest BCUT2D eigenvalue weighted by Gasteiger charge is 2.58. The first-order valence-corrected chi connectivity index (χ1v) is 7.83. The molecule has 1 aromatic carbocycles. The average molecular weight is 289 g/mol. The van der Waals surface area contributed by atoms with Crippen LogP contribution in [-0.2, 0) is 9.68 Å². The number of hydrogen-bond donors (Lipinski definition) is 0. The van der Waals surface area contributed by atoms with Crippen LogP contribution >= 0.6 is 20.4 Å². The molecule has 1 nitrogen and oxygen atoms in total. The number of allylic oxidation sites excluding steroid dienone is 4. The predicted octanol–water partition coefficient (Wildman–Crippen LogP) is 4.60. The molecule has 0 saturated heterocycles. The van der Waals surface area contributed by atoms with Gasteiger partial charge in [-0.1, -0.05) is 48.6 Å². The van der Waals surface area contributed by atoms with Crippen LogP contribution in [-0.4, -0.2) is 5.38 Å². The van der Waals surface area contributed by atoms with E-state index in [0.717, 1.165) is 6.42 Å². The third kappa shape index (κ3) is 1.35. The molecule has 4 rings (SSSR count). The first-order valence-electron chi connectivity index (χ1n) is 6.49. The maximum atomic E-state index is 6.68. The Hall–Kier alpha value is -1.04. The minimum Gasteiger partial charge on any atom is -0.484 e. The molecule has 19 heavy (non-hydrogen) atoms. The van der Waals surface area contributed by atoms with Crippen molar-refractivity contribution in [2.45, 2.75) is 17.0 Å². The Labute approximate surface area is 119 Å². The van der Waals surface area contributed by atoms with E-state index in [1.807, 2.05) is 6.26 Å². The van der Waals surface area contributed by atoms with Gasteiger partial charge in [0.05, 0.1) is 25.6 Å². The van der Waals surface area contributed by atoms with Crippen molar-refractivity contribution in [2.24, 2.45) is 5.41 Å². The predicted molar refractivity (Wildman–Crippen MR) is 81.5 cm³/mol. The molecular formula is C16H14ClOP. The Morgan fingerprint density at radius 1 is 1.26 bits per heavy atom. The van der Waals surface area contributed by atoms with Crippen molar-refractivity contribution in [1.82, 2.24) is 0 Å². The first kappa shape index (κ1) is 11.8. The largest absolute Gasteiger partial charge is 0.484 e. The van der Waals surface area contributed by atoms with E-state index >= 15 is 0 Å². The Kier molecular flexibility index (Phi) is 2.46. The van der Waals surface area contributed by atoms with E-state index in [1.165, 1.54) is 11.1 Å². The highest BCUT2D eigenvalue weighted by atomic mass is 35.5. The molecular weight excluding hydrogens is 275 g/mol. The van der Waals surface area contributed by atoms with Crippen LogP contribution in [0.2, 0.25) is 0 Å². The van der Waals surface area contributed by atoms with E-state index in [4.69, 9.17) is 16.1 Å². The Balaban J connectivity index is 2.05. The Bertz CT molecular complexity index is 621. The summed E-state index contributed by atoms with van der Waals surface area (Å²) < 4.78 is 5.72. The van der Waals surface area contributed by atoms with Crippen LogP contribution in [0.4, 0.5) is 0 Å². The van der Waals surface area contributed by atoms with Gasteiger partial charge in [-0.05, 0) is 23.6 Å². The van der Waals surface area contributed by atoms with Crippen LogP contribution in [0, 0.1) is 5.41 Å². The van der Waals surface area contributed by atoms with Gasteiger partial charge in [-0.25, -0.2) is 0 Å². The Morgan fingerprint density at radius 3 is 3.11 bits per heavy atom. The molecule has 4 unspecified atom stereocenters. The maximum absolute atomic E-state index is 6.68. The van der Waals surface area contributed by atoms with Gasteiger partial charge in [0.1, 0.15) is 0 Å². The molecule has 1 aliphatic heterocycles. The van der Waals surface area contributed by atoms with E-state index in [1.54, 1.807) is 0 Å². The van der Waals surface area contributed by atoms with E-state index in [-0.39, 0.29) is 15.9 Å². The molecule has 0 N–H and O–H groups in total. The SMILES string of the molecule is ClC1C=CCC23POC=CC12C=Cc1ccccc13. The number of halogens is 1. The molecule has 0 fully saturated rings. The summed E-state index contributed by atoms with van der Waals surface area (Å²) in [7, 11) is 0.410. The molecule has 2 aliphatic carbocycles. The zero-order valence-corrected chi connectivity index (χ0v) is 12.1. The molecule has 1 heterocycles. The minimum absolute atomic E-state index is 0.0153. The fourth-order valence-electron chi connectivity index (χ4n) is 3.53. The van der Waals surface area contributed by atoms with Crippen LogP contribution < -0.4 is 0 Å². The van der Waals surface area contributed by atoms with Gasteiger partial charge < -0.3 is 4.52 Å². The van der Waals surface area contributed by atoms with Crippen LogP contribution in [0.3, 0.4) is 0 Å². The van der Waals surface area contributed by atoms with Gasteiger partial charge in [-0.15, -0.1) is 11.6 Å².